The van der Waals surface area contributed by atoms with Gasteiger partial charge in [0.05, 0.1) is 0 Å². The molecule has 0 aliphatic heterocycles. The van der Waals surface area contributed by atoms with Crippen LogP contribution < -0.4 is 0 Å². The number of hydrogen-bond donors (Lipinski definition) is 0. The van der Waals surface area contributed by atoms with Crippen molar-refractivity contribution in [3.63, 3.8) is 0 Å². The van der Waals surface area contributed by atoms with Gasteiger partial charge in [0.15, 0.2) is 0 Å². The Morgan fingerprint density at radius 3 is 1.86 bits per heavy atom. The summed E-state index contributed by atoms with van der Waals surface area (Å²) in [5.41, 5.74) is 26.7. The van der Waals surface area contributed by atoms with Crippen LogP contribution in [0.5, 0.6) is 0 Å². The fraction of sp³-hybridized carbons (Fsp3) is 0.200. The molecule has 0 amide bonds. The Hall–Kier alpha value is -1.63. The molecule has 80 valence electrons. The van der Waals surface area contributed by atoms with Gasteiger partial charge in [-0.25, -0.2) is 0 Å². The average Bonchev–Trinajstić information content (AvgIpc) is 2.00. The van der Waals surface area contributed by atoms with Crippen molar-refractivity contribution in [3.05, 3.63) is 22.9 Å². The second-order valence-corrected chi connectivity index (χ2v) is 1.88. The van der Waals surface area contributed by atoms with Gasteiger partial charge in [-0.2, -0.15) is 11.9 Å². The summed E-state index contributed by atoms with van der Waals surface area (Å²) in [7, 11) is 0. The van der Waals surface area contributed by atoms with Crippen LogP contribution in [0.2, 0.25) is 0 Å². The predicted octanol–water partition coefficient (Wildman–Crippen LogP) is 2.27. The Morgan fingerprint density at radius 1 is 0.929 bits per heavy atom. The molecule has 0 radical (unpaired) electrons. The van der Waals surface area contributed by atoms with Crippen LogP contribution in [0, 0.1) is 0 Å². The molecule has 0 spiro atoms. The van der Waals surface area contributed by atoms with E-state index in [1.807, 2.05) is 0 Å². The zero-order valence-electron chi connectivity index (χ0n) is 7.18. The number of guanidine groups is 2. The summed E-state index contributed by atoms with van der Waals surface area (Å²) < 4.78 is 0. The van der Waals surface area contributed by atoms with E-state index in [4.69, 9.17) is 22.9 Å². The Morgan fingerprint density at radius 2 is 1.43 bits per heavy atom. The minimum Gasteiger partial charge on any atom is -0.566 e. The predicted molar refractivity (Wildman–Crippen MR) is 53.8 cm³/mol. The Labute approximate surface area is 91.1 Å². The molecule has 0 bridgehead atoms. The summed E-state index contributed by atoms with van der Waals surface area (Å²) in [4.78, 5) is 0. The first-order chi connectivity index (χ1) is 6.02. The van der Waals surface area contributed by atoms with Gasteiger partial charge >= 0.3 is 16.5 Å². The fourth-order valence-electron chi connectivity index (χ4n) is 0.325. The molecule has 0 saturated heterocycles. The maximum Gasteiger partial charge on any atom is 2.00 e. The molecule has 0 heterocycles. The largest absolute Gasteiger partial charge is 2.00 e. The summed E-state index contributed by atoms with van der Waals surface area (Å²) in [6, 6.07) is 0. The van der Waals surface area contributed by atoms with Crippen LogP contribution in [0.1, 0.15) is 6.92 Å². The van der Waals surface area contributed by atoms with Gasteiger partial charge < -0.3 is 38.2 Å². The summed E-state index contributed by atoms with van der Waals surface area (Å²) in [6.07, 6.45) is 1.18. The van der Waals surface area contributed by atoms with Crippen LogP contribution in [0.4, 0.5) is 0 Å². The number of nitrogens with zero attached hydrogens (tertiary/aromatic N) is 4. The minimum atomic E-state index is -0.658. The third-order valence-corrected chi connectivity index (χ3v) is 0.710. The molecule has 0 aliphatic carbocycles. The van der Waals surface area contributed by atoms with E-state index >= 15 is 0 Å². The first-order valence-electron chi connectivity index (χ1n) is 3.12. The normalized spacial score (nSPS) is 10.5. The van der Waals surface area contributed by atoms with Crippen molar-refractivity contribution in [2.24, 2.45) is 20.4 Å². The molecule has 0 fully saturated rings. The summed E-state index contributed by atoms with van der Waals surface area (Å²) in [5, 5.41) is 12.9. The van der Waals surface area contributed by atoms with E-state index in [2.05, 4.69) is 20.4 Å². The van der Waals surface area contributed by atoms with E-state index in [1.165, 1.54) is 6.21 Å². The van der Waals surface area contributed by atoms with Crippen LogP contribution in [0.25, 0.3) is 22.9 Å². The van der Waals surface area contributed by atoms with Gasteiger partial charge in [-0.05, 0) is 6.92 Å². The molecular weight excluding hydrogens is 231 g/mol. The molecule has 0 atom stereocenters. The standard InChI is InChI=1S/C5H8N8.Ni/c1-3(11-13-5(8)9)2-10-12-4(6)7;/h2H,1H3,(H4-4,6,7,8,9,12,13);/q-4;+2. The smallest absolute Gasteiger partial charge is 0.566 e. The topological polar surface area (TPSA) is 145 Å². The third kappa shape index (κ3) is 10.4. The number of hydrogen-bond acceptors (Lipinski definition) is 4. The molecule has 0 rings (SSSR count). The molecule has 0 unspecified atom stereocenters. The zero-order valence-corrected chi connectivity index (χ0v) is 8.17. The van der Waals surface area contributed by atoms with E-state index in [9.17, 15) is 0 Å². The monoisotopic (exact) mass is 238 g/mol. The fourth-order valence-corrected chi connectivity index (χ4v) is 0.325. The molecule has 4 N–H and O–H groups in total. The maximum absolute atomic E-state index is 6.59. The van der Waals surface area contributed by atoms with Crippen LogP contribution in [0.15, 0.2) is 20.4 Å². The van der Waals surface area contributed by atoms with Crippen molar-refractivity contribution < 1.29 is 16.5 Å². The van der Waals surface area contributed by atoms with E-state index in [-0.39, 0.29) is 16.5 Å². The molecule has 8 nitrogen and oxygen atoms in total. The van der Waals surface area contributed by atoms with Crippen LogP contribution in [-0.2, 0) is 16.5 Å². The van der Waals surface area contributed by atoms with Crippen molar-refractivity contribution in [3.8, 4) is 0 Å². The van der Waals surface area contributed by atoms with Gasteiger partial charge in [0.25, 0.3) is 0 Å². The second-order valence-electron chi connectivity index (χ2n) is 1.88. The van der Waals surface area contributed by atoms with Gasteiger partial charge in [-0.1, -0.05) is 0 Å². The molecular formula is C5H8N8Ni-2. The van der Waals surface area contributed by atoms with Crippen LogP contribution in [-0.4, -0.2) is 23.8 Å². The van der Waals surface area contributed by atoms with Gasteiger partial charge in [-0.3, -0.25) is 5.10 Å². The van der Waals surface area contributed by atoms with Crippen molar-refractivity contribution in [1.82, 2.24) is 0 Å². The molecule has 0 aromatic carbocycles. The van der Waals surface area contributed by atoms with Crippen molar-refractivity contribution >= 4 is 23.8 Å². The quantitative estimate of drug-likeness (QED) is 0.307. The Balaban J connectivity index is 0. The SMILES string of the molecule is CC(C=NN=C([NH-])[NH-])=NN=C([NH-])[NH-].[Ni+2]. The molecule has 9 heteroatoms. The van der Waals surface area contributed by atoms with Crippen molar-refractivity contribution in [1.29, 1.82) is 0 Å². The number of nitrogens with one attached hydrogen (secondary N) is 4. The van der Waals surface area contributed by atoms with Gasteiger partial charge in [0.2, 0.25) is 0 Å². The minimum absolute atomic E-state index is 0. The molecule has 0 aliphatic rings. The third-order valence-electron chi connectivity index (χ3n) is 0.710. The molecule has 0 aromatic rings. The van der Waals surface area contributed by atoms with Crippen LogP contribution in [0.3, 0.4) is 0 Å². The summed E-state index contributed by atoms with van der Waals surface area (Å²) >= 11 is 0. The van der Waals surface area contributed by atoms with E-state index < -0.39 is 11.9 Å². The summed E-state index contributed by atoms with van der Waals surface area (Å²) in [6.45, 7) is 1.54. The van der Waals surface area contributed by atoms with E-state index in [0.717, 1.165) is 0 Å². The first-order valence-corrected chi connectivity index (χ1v) is 3.12. The van der Waals surface area contributed by atoms with E-state index in [0.29, 0.717) is 5.71 Å². The van der Waals surface area contributed by atoms with Crippen LogP contribution >= 0.6 is 0 Å². The van der Waals surface area contributed by atoms with Crippen molar-refractivity contribution in [2.75, 3.05) is 0 Å². The second kappa shape index (κ2) is 7.99. The number of rotatable bonds is 3. The van der Waals surface area contributed by atoms with Gasteiger partial charge in [0.1, 0.15) is 0 Å². The van der Waals surface area contributed by atoms with Crippen molar-refractivity contribution in [2.45, 2.75) is 6.92 Å². The Kier molecular flexibility index (Phi) is 8.49. The molecule has 14 heavy (non-hydrogen) atoms. The van der Waals surface area contributed by atoms with Gasteiger partial charge in [-0.15, -0.1) is 0 Å². The zero-order chi connectivity index (χ0) is 10.3. The molecule has 0 saturated carbocycles. The first kappa shape index (κ1) is 14.9. The summed E-state index contributed by atoms with van der Waals surface area (Å²) in [5.74, 6) is -1.31. The average molecular weight is 239 g/mol. The molecule has 0 aromatic heterocycles. The van der Waals surface area contributed by atoms with E-state index in [1.54, 1.807) is 6.92 Å². The van der Waals surface area contributed by atoms with Gasteiger partial charge in [0, 0.05) is 11.9 Å². The maximum atomic E-state index is 6.59. The Bertz CT molecular complexity index is 269.